The quantitative estimate of drug-likeness (QED) is 0.330. The normalized spacial score (nSPS) is 14.4. The third-order valence-electron chi connectivity index (χ3n) is 6.34. The van der Waals surface area contributed by atoms with Gasteiger partial charge in [-0.3, -0.25) is 0 Å². The zero-order valence-electron chi connectivity index (χ0n) is 26.3. The van der Waals surface area contributed by atoms with Crippen LogP contribution < -0.4 is 15.3 Å². The number of aromatic amines is 1. The average molecular weight is 563 g/mol. The first-order chi connectivity index (χ1) is 19.8. The smallest absolute Gasteiger partial charge is 0.189 e. The number of allylic oxidation sites excluding steroid dienone is 1. The summed E-state index contributed by atoms with van der Waals surface area (Å²) in [4.78, 5) is 5.98. The summed E-state index contributed by atoms with van der Waals surface area (Å²) in [7, 11) is 2.55. The molecule has 0 fully saturated rings. The molecule has 0 saturated carbocycles. The predicted octanol–water partition coefficient (Wildman–Crippen LogP) is 5.55. The van der Waals surface area contributed by atoms with Crippen LogP contribution in [0.25, 0.3) is 12.2 Å². The number of benzene rings is 2. The molecule has 224 valence electrons. The van der Waals surface area contributed by atoms with Crippen molar-refractivity contribution in [3.05, 3.63) is 112 Å². The Kier molecular flexibility index (Phi) is 16.2. The summed E-state index contributed by atoms with van der Waals surface area (Å²) in [5.41, 5.74) is 7.28. The first-order valence-electron chi connectivity index (χ1n) is 14.1. The van der Waals surface area contributed by atoms with Gasteiger partial charge in [-0.05, 0) is 64.0 Å². The Balaban J connectivity index is 0.000000831. The van der Waals surface area contributed by atoms with E-state index in [1.165, 1.54) is 33.2 Å². The SMILES string of the molecule is C=C(C)/C=c1/c2c([nH]/c1=C/C)C(c1ccc(C)cc1)N(C(=C)Oc1ccc(C)cc1)CC2.CC.CO.COCCO. The van der Waals surface area contributed by atoms with E-state index in [0.717, 1.165) is 36.7 Å². The van der Waals surface area contributed by atoms with Crippen molar-refractivity contribution in [1.29, 1.82) is 0 Å². The van der Waals surface area contributed by atoms with Crippen molar-refractivity contribution in [3.8, 4) is 5.75 Å². The van der Waals surface area contributed by atoms with Gasteiger partial charge < -0.3 is 29.6 Å². The Morgan fingerprint density at radius 2 is 1.59 bits per heavy atom. The van der Waals surface area contributed by atoms with Crippen molar-refractivity contribution in [2.75, 3.05) is 34.0 Å². The average Bonchev–Trinajstić information content (AvgIpc) is 3.34. The minimum absolute atomic E-state index is 0.00303. The molecule has 2 aromatic carbocycles. The van der Waals surface area contributed by atoms with Gasteiger partial charge in [0.15, 0.2) is 5.88 Å². The first kappa shape index (κ1) is 35.4. The van der Waals surface area contributed by atoms with E-state index in [-0.39, 0.29) is 12.6 Å². The molecule has 2 heterocycles. The van der Waals surface area contributed by atoms with E-state index in [9.17, 15) is 0 Å². The molecule has 0 spiro atoms. The summed E-state index contributed by atoms with van der Waals surface area (Å²) in [6.45, 7) is 22.1. The lowest BCUT2D eigenvalue weighted by atomic mass is 9.92. The van der Waals surface area contributed by atoms with E-state index < -0.39 is 0 Å². The van der Waals surface area contributed by atoms with E-state index in [4.69, 9.17) is 14.9 Å². The van der Waals surface area contributed by atoms with Gasteiger partial charge in [-0.1, -0.05) is 85.7 Å². The third kappa shape index (κ3) is 10.1. The van der Waals surface area contributed by atoms with Crippen LogP contribution in [-0.4, -0.2) is 54.1 Å². The summed E-state index contributed by atoms with van der Waals surface area (Å²) in [5.74, 6) is 1.46. The number of aliphatic hydroxyl groups excluding tert-OH is 2. The van der Waals surface area contributed by atoms with Gasteiger partial charge in [0.05, 0.1) is 19.3 Å². The molecule has 0 aliphatic carbocycles. The molecule has 0 radical (unpaired) electrons. The van der Waals surface area contributed by atoms with Gasteiger partial charge in [0.1, 0.15) is 5.75 Å². The molecule has 6 nitrogen and oxygen atoms in total. The van der Waals surface area contributed by atoms with E-state index >= 15 is 0 Å². The molecule has 1 unspecified atom stereocenters. The maximum absolute atomic E-state index is 7.94. The van der Waals surface area contributed by atoms with Crippen LogP contribution in [0.15, 0.2) is 73.1 Å². The highest BCUT2D eigenvalue weighted by atomic mass is 16.5. The maximum atomic E-state index is 7.94. The summed E-state index contributed by atoms with van der Waals surface area (Å²) >= 11 is 0. The standard InChI is InChI=1S/C29H32N2O.C3H8O2.C2H6.CH4O/c1-7-27-26(18-19(2)3)25-16-17-31(22(6)32-24-14-10-21(5)11-15-24)29(28(25)30-27)23-12-8-20(4)9-13-23;1-5-3-2-4;2*1-2/h7-15,18,29-30H,2,6,16-17H2,1,3-5H3;4H,2-3H2,1H3;1-2H3;2H,1H3/b26-18-,27-7+;;;. The van der Waals surface area contributed by atoms with Gasteiger partial charge in [0.2, 0.25) is 0 Å². The number of H-pyrrole nitrogens is 1. The largest absolute Gasteiger partial charge is 0.442 e. The third-order valence-corrected chi connectivity index (χ3v) is 6.34. The topological polar surface area (TPSA) is 78.0 Å². The number of aliphatic hydroxyl groups is 2. The zero-order valence-corrected chi connectivity index (χ0v) is 26.3. The Hall–Kier alpha value is -3.58. The molecule has 1 atom stereocenters. The second kappa shape index (κ2) is 18.7. The van der Waals surface area contributed by atoms with Gasteiger partial charge >= 0.3 is 0 Å². The fourth-order valence-electron chi connectivity index (χ4n) is 4.51. The molecule has 6 heteroatoms. The van der Waals surface area contributed by atoms with Gasteiger partial charge in [0, 0.05) is 37.0 Å². The van der Waals surface area contributed by atoms with Gasteiger partial charge in [-0.2, -0.15) is 0 Å². The molecule has 0 bridgehead atoms. The van der Waals surface area contributed by atoms with Crippen molar-refractivity contribution < 1.29 is 19.7 Å². The zero-order chi connectivity index (χ0) is 30.9. The fraction of sp³-hybridized carbons (Fsp3) is 0.371. The number of methoxy groups -OCH3 is 1. The molecule has 0 saturated heterocycles. The maximum Gasteiger partial charge on any atom is 0.189 e. The van der Waals surface area contributed by atoms with Crippen molar-refractivity contribution >= 4 is 12.2 Å². The van der Waals surface area contributed by atoms with E-state index in [0.29, 0.717) is 12.5 Å². The summed E-state index contributed by atoms with van der Waals surface area (Å²) in [5, 5.41) is 17.3. The van der Waals surface area contributed by atoms with E-state index in [2.05, 4.69) is 97.1 Å². The Bertz CT molecular complexity index is 1320. The van der Waals surface area contributed by atoms with Crippen molar-refractivity contribution in [2.24, 2.45) is 0 Å². The van der Waals surface area contributed by atoms with Crippen LogP contribution in [0.1, 0.15) is 61.7 Å². The van der Waals surface area contributed by atoms with Crippen molar-refractivity contribution in [3.63, 3.8) is 0 Å². The molecule has 1 aliphatic rings. The summed E-state index contributed by atoms with van der Waals surface area (Å²) in [6.07, 6.45) is 5.24. The van der Waals surface area contributed by atoms with Crippen LogP contribution in [0.4, 0.5) is 0 Å². The van der Waals surface area contributed by atoms with Crippen molar-refractivity contribution in [1.82, 2.24) is 9.88 Å². The van der Waals surface area contributed by atoms with Crippen LogP contribution in [0.3, 0.4) is 0 Å². The number of aromatic nitrogens is 1. The number of nitrogens with zero attached hydrogens (tertiary/aromatic N) is 1. The van der Waals surface area contributed by atoms with Gasteiger partial charge in [-0.15, -0.1) is 0 Å². The molecule has 3 N–H and O–H groups in total. The Morgan fingerprint density at radius 3 is 2.05 bits per heavy atom. The highest BCUT2D eigenvalue weighted by molar-refractivity contribution is 5.50. The molecule has 1 aromatic heterocycles. The molecular weight excluding hydrogens is 512 g/mol. The Labute approximate surface area is 247 Å². The summed E-state index contributed by atoms with van der Waals surface area (Å²) < 4.78 is 10.7. The van der Waals surface area contributed by atoms with Crippen LogP contribution in [0, 0.1) is 13.8 Å². The summed E-state index contributed by atoms with van der Waals surface area (Å²) in [6, 6.07) is 16.9. The minimum atomic E-state index is 0.00303. The number of hydrogen-bond donors (Lipinski definition) is 3. The Morgan fingerprint density at radius 1 is 1.02 bits per heavy atom. The lowest BCUT2D eigenvalue weighted by Gasteiger charge is -2.38. The number of aryl methyl sites for hydroxylation is 2. The predicted molar refractivity (Wildman–Crippen MR) is 172 cm³/mol. The van der Waals surface area contributed by atoms with Gasteiger partial charge in [0.25, 0.3) is 0 Å². The molecular formula is C35H50N2O4. The first-order valence-corrected chi connectivity index (χ1v) is 14.1. The molecule has 41 heavy (non-hydrogen) atoms. The molecule has 3 aromatic rings. The lowest BCUT2D eigenvalue weighted by molar-refractivity contribution is 0.135. The van der Waals surface area contributed by atoms with E-state index in [1.54, 1.807) is 7.11 Å². The molecule has 4 rings (SSSR count). The van der Waals surface area contributed by atoms with Crippen LogP contribution in [-0.2, 0) is 11.2 Å². The number of nitrogens with one attached hydrogen (secondary N) is 1. The number of rotatable bonds is 7. The van der Waals surface area contributed by atoms with Crippen molar-refractivity contribution in [2.45, 2.75) is 54.0 Å². The highest BCUT2D eigenvalue weighted by Crippen LogP contribution is 2.35. The van der Waals surface area contributed by atoms with Crippen LogP contribution >= 0.6 is 0 Å². The second-order valence-corrected chi connectivity index (χ2v) is 9.41. The number of ether oxygens (including phenoxy) is 2. The fourth-order valence-corrected chi connectivity index (χ4v) is 4.51. The molecule has 0 amide bonds. The van der Waals surface area contributed by atoms with Crippen LogP contribution in [0.5, 0.6) is 5.75 Å². The molecule has 1 aliphatic heterocycles. The highest BCUT2D eigenvalue weighted by Gasteiger charge is 2.32. The number of hydrogen-bond acceptors (Lipinski definition) is 5. The minimum Gasteiger partial charge on any atom is -0.442 e. The number of fused-ring (bicyclic) bond motifs is 1. The van der Waals surface area contributed by atoms with E-state index in [1.807, 2.05) is 32.9 Å². The lowest BCUT2D eigenvalue weighted by Crippen LogP contribution is -2.38. The van der Waals surface area contributed by atoms with Gasteiger partial charge in [-0.25, -0.2) is 0 Å². The van der Waals surface area contributed by atoms with Crippen LogP contribution in [0.2, 0.25) is 0 Å². The second-order valence-electron chi connectivity index (χ2n) is 9.41. The monoisotopic (exact) mass is 562 g/mol.